The highest BCUT2D eigenvalue weighted by molar-refractivity contribution is 5.93. The number of halogens is 6. The van der Waals surface area contributed by atoms with Gasteiger partial charge in [0.2, 0.25) is 17.8 Å². The van der Waals surface area contributed by atoms with Crippen molar-refractivity contribution in [2.75, 3.05) is 24.8 Å². The summed E-state index contributed by atoms with van der Waals surface area (Å²) in [4.78, 5) is 31.9. The summed E-state index contributed by atoms with van der Waals surface area (Å²) in [6.45, 7) is 2.13. The van der Waals surface area contributed by atoms with Crippen molar-refractivity contribution < 1.29 is 40.7 Å². The zero-order valence-corrected chi connectivity index (χ0v) is 27.1. The van der Waals surface area contributed by atoms with Crippen molar-refractivity contribution in [1.29, 1.82) is 0 Å². The van der Waals surface area contributed by atoms with Crippen molar-refractivity contribution in [3.63, 3.8) is 0 Å². The lowest BCUT2D eigenvalue weighted by Crippen LogP contribution is -2.38. The number of methoxy groups -OCH3 is 1. The number of benzene rings is 2. The lowest BCUT2D eigenvalue weighted by atomic mass is 9.95. The zero-order chi connectivity index (χ0) is 35.9. The Bertz CT molecular complexity index is 1780. The molecule has 4 N–H and O–H groups in total. The van der Waals surface area contributed by atoms with Crippen molar-refractivity contribution in [2.24, 2.45) is 7.05 Å². The summed E-state index contributed by atoms with van der Waals surface area (Å²) in [6, 6.07) is 6.58. The molecule has 16 heteroatoms. The highest BCUT2D eigenvalue weighted by Gasteiger charge is 2.37. The third-order valence-electron chi connectivity index (χ3n) is 7.94. The van der Waals surface area contributed by atoms with Crippen LogP contribution in [0.4, 0.5) is 38.1 Å². The monoisotopic (exact) mass is 693 g/mol. The molecule has 2 aromatic heterocycles. The van der Waals surface area contributed by atoms with Gasteiger partial charge in [0, 0.05) is 43.4 Å². The Hall–Kier alpha value is -4.73. The van der Waals surface area contributed by atoms with Gasteiger partial charge in [0.25, 0.3) is 0 Å². The van der Waals surface area contributed by atoms with Crippen molar-refractivity contribution in [3.8, 4) is 11.3 Å². The van der Waals surface area contributed by atoms with Crippen LogP contribution in [0.25, 0.3) is 22.2 Å². The molecule has 1 saturated carbocycles. The second-order valence-electron chi connectivity index (χ2n) is 11.6. The molecule has 0 radical (unpaired) electrons. The number of hydrogen-bond donors (Lipinski definition) is 3. The number of ether oxygens (including phenoxy) is 1. The number of alkyl halides is 6. The van der Waals surface area contributed by atoms with E-state index in [1.165, 1.54) is 30.0 Å². The maximum absolute atomic E-state index is 13.3. The Kier molecular flexibility index (Phi) is 11.9. The first kappa shape index (κ1) is 37.1. The molecule has 0 aliphatic heterocycles. The van der Waals surface area contributed by atoms with E-state index < -0.39 is 41.4 Å². The van der Waals surface area contributed by atoms with Crippen LogP contribution in [-0.4, -0.2) is 51.3 Å². The average molecular weight is 694 g/mol. The summed E-state index contributed by atoms with van der Waals surface area (Å²) in [5, 5.41) is 10.2. The van der Waals surface area contributed by atoms with Crippen LogP contribution < -0.4 is 16.4 Å². The smallest absolute Gasteiger partial charge is 0.375 e. The van der Waals surface area contributed by atoms with E-state index in [-0.39, 0.29) is 24.3 Å². The average Bonchev–Trinajstić information content (AvgIpc) is 3.39. The van der Waals surface area contributed by atoms with Crippen LogP contribution in [0.1, 0.15) is 61.3 Å². The first-order chi connectivity index (χ1) is 23.1. The highest BCUT2D eigenvalue weighted by atomic mass is 19.4. The Morgan fingerprint density at radius 1 is 0.980 bits per heavy atom. The molecular formula is C33H37F6N7O3. The quantitative estimate of drug-likeness (QED) is 0.180. The lowest BCUT2D eigenvalue weighted by molar-refractivity contribution is -0.142. The van der Waals surface area contributed by atoms with Gasteiger partial charge in [0.1, 0.15) is 6.61 Å². The van der Waals surface area contributed by atoms with Crippen molar-refractivity contribution >= 4 is 34.5 Å². The maximum atomic E-state index is 13.3. The Labute approximate surface area is 278 Å². The fourth-order valence-electron chi connectivity index (χ4n) is 5.65. The number of rotatable bonds is 8. The summed E-state index contributed by atoms with van der Waals surface area (Å²) < 4.78 is 85.4. The van der Waals surface area contributed by atoms with E-state index in [2.05, 4.69) is 25.7 Å². The van der Waals surface area contributed by atoms with Gasteiger partial charge in [-0.05, 0) is 60.7 Å². The van der Waals surface area contributed by atoms with Crippen LogP contribution >= 0.6 is 0 Å². The third-order valence-corrected chi connectivity index (χ3v) is 7.94. The molecule has 2 aromatic carbocycles. The zero-order valence-electron chi connectivity index (χ0n) is 27.1. The Morgan fingerprint density at radius 3 is 2.33 bits per heavy atom. The third kappa shape index (κ3) is 9.90. The van der Waals surface area contributed by atoms with Gasteiger partial charge < -0.3 is 21.1 Å². The van der Waals surface area contributed by atoms with Gasteiger partial charge in [0.05, 0.1) is 28.8 Å². The number of hydrogen-bond acceptors (Lipinski definition) is 7. The van der Waals surface area contributed by atoms with Crippen LogP contribution in [0.2, 0.25) is 0 Å². The van der Waals surface area contributed by atoms with Gasteiger partial charge in [-0.2, -0.15) is 31.4 Å². The molecule has 0 saturated heterocycles. The number of nitrogens with two attached hydrogens (primary N) is 1. The lowest BCUT2D eigenvalue weighted by Gasteiger charge is -2.22. The second-order valence-corrected chi connectivity index (χ2v) is 11.6. The van der Waals surface area contributed by atoms with E-state index in [1.54, 1.807) is 26.4 Å². The minimum absolute atomic E-state index is 0.0180. The topological polar surface area (TPSA) is 137 Å². The highest BCUT2D eigenvalue weighted by Crippen LogP contribution is 2.37. The molecule has 5 rings (SSSR count). The predicted molar refractivity (Wildman–Crippen MR) is 171 cm³/mol. The minimum Gasteiger partial charge on any atom is -0.375 e. The van der Waals surface area contributed by atoms with E-state index >= 15 is 0 Å². The number of fused-ring (bicyclic) bond motifs is 1. The van der Waals surface area contributed by atoms with Crippen molar-refractivity contribution in [3.05, 3.63) is 64.8 Å². The van der Waals surface area contributed by atoms with Crippen LogP contribution in [0.5, 0.6) is 0 Å². The van der Waals surface area contributed by atoms with E-state index in [4.69, 9.17) is 10.5 Å². The molecule has 264 valence electrons. The molecule has 0 atom stereocenters. The van der Waals surface area contributed by atoms with Crippen LogP contribution in [-0.2, 0) is 46.6 Å². The Balaban J connectivity index is 0.000000380. The number of aromatic nitrogens is 4. The molecule has 0 unspecified atom stereocenters. The summed E-state index contributed by atoms with van der Waals surface area (Å²) >= 11 is 0. The molecule has 49 heavy (non-hydrogen) atoms. The van der Waals surface area contributed by atoms with Crippen LogP contribution in [0.15, 0.2) is 42.6 Å². The number of nitrogens with one attached hydrogen (secondary N) is 2. The van der Waals surface area contributed by atoms with Gasteiger partial charge >= 0.3 is 12.4 Å². The molecule has 1 aliphatic rings. The number of carbonyl (C=O) groups excluding carboxylic acids is 2. The van der Waals surface area contributed by atoms with Gasteiger partial charge in [0.15, 0.2) is 5.82 Å². The number of nitrogens with zero attached hydrogens (tertiary/aromatic N) is 4. The first-order valence-corrected chi connectivity index (χ1v) is 15.5. The van der Waals surface area contributed by atoms with Crippen molar-refractivity contribution in [1.82, 2.24) is 25.1 Å². The molecule has 0 bridgehead atoms. The van der Waals surface area contributed by atoms with Gasteiger partial charge in [-0.15, -0.1) is 0 Å². The van der Waals surface area contributed by atoms with Crippen LogP contribution in [0.3, 0.4) is 0 Å². The summed E-state index contributed by atoms with van der Waals surface area (Å²) in [6.07, 6.45) is -2.43. The molecule has 1 aliphatic carbocycles. The summed E-state index contributed by atoms with van der Waals surface area (Å²) in [5.74, 6) is -0.778. The van der Waals surface area contributed by atoms with E-state index in [0.29, 0.717) is 47.4 Å². The molecule has 2 heterocycles. The molecule has 1 fully saturated rings. The second kappa shape index (κ2) is 15.7. The molecule has 4 aromatic rings. The molecule has 2 amide bonds. The molecule has 10 nitrogen and oxygen atoms in total. The normalized spacial score (nSPS) is 13.9. The van der Waals surface area contributed by atoms with E-state index in [0.717, 1.165) is 23.8 Å². The van der Waals surface area contributed by atoms with Crippen molar-refractivity contribution in [2.45, 2.75) is 70.3 Å². The van der Waals surface area contributed by atoms with Gasteiger partial charge in [-0.3, -0.25) is 14.3 Å². The first-order valence-electron chi connectivity index (χ1n) is 15.5. The standard InChI is InChI=1S/C24H20F6N6O.C9H17NO2/c1-3-12-6-14(7-15-11-32-22(31)34-21(12)15)18-10-19(35-36(18)2)33-20(37)9-13-8-16(23(25,26)27)4-5-17(13)24(28,29)30;1-12-7-9(11)10-8-5-3-2-4-6-8/h4-8,10-11H,3,9H2,1-2H3,(H2,31,32,34)(H,33,35,37);8H,2-7H2,1H3,(H,10,11). The summed E-state index contributed by atoms with van der Waals surface area (Å²) in [7, 11) is 3.15. The number of amides is 2. The number of nitrogen functional groups attached to an aromatic ring is 1. The fraction of sp³-hybridized carbons (Fsp3) is 0.424. The van der Waals surface area contributed by atoms with E-state index in [1.807, 2.05) is 13.0 Å². The maximum Gasteiger partial charge on any atom is 0.416 e. The molecular weight excluding hydrogens is 656 g/mol. The number of anilines is 2. The van der Waals surface area contributed by atoms with Gasteiger partial charge in [-0.1, -0.05) is 26.2 Å². The number of carbonyl (C=O) groups is 2. The minimum atomic E-state index is -4.93. The largest absolute Gasteiger partial charge is 0.416 e. The van der Waals surface area contributed by atoms with Crippen LogP contribution in [0, 0.1) is 0 Å². The summed E-state index contributed by atoms with van der Waals surface area (Å²) in [5.41, 5.74) is 5.16. The fourth-order valence-corrected chi connectivity index (χ4v) is 5.65. The van der Waals surface area contributed by atoms with Gasteiger partial charge in [-0.25, -0.2) is 9.97 Å². The van der Waals surface area contributed by atoms with E-state index in [9.17, 15) is 35.9 Å². The SMILES string of the molecule is CCc1cc(-c2cc(NC(=O)Cc3cc(C(F)(F)F)ccc3C(F)(F)F)nn2C)cc2cnc(N)nc12.COCC(=O)NC1CCCCC1. The molecule has 0 spiro atoms. The Morgan fingerprint density at radius 2 is 1.69 bits per heavy atom. The number of aryl methyl sites for hydroxylation is 2. The predicted octanol–water partition coefficient (Wildman–Crippen LogP) is 6.48.